The average Bonchev–Trinajstić information content (AvgIpc) is 2.43. The molecule has 1 atom stereocenters. The Labute approximate surface area is 130 Å². The van der Waals surface area contributed by atoms with E-state index in [1.54, 1.807) is 13.0 Å². The Hall–Kier alpha value is -0.820. The Balaban J connectivity index is 2.31. The number of aryl methyl sites for hydroxylation is 1. The lowest BCUT2D eigenvalue weighted by Gasteiger charge is -2.32. The molecule has 3 N–H and O–H groups in total. The number of rotatable bonds is 4. The smallest absolute Gasteiger partial charge is 0.243 e. The fourth-order valence-electron chi connectivity index (χ4n) is 2.75. The molecule has 1 aliphatic heterocycles. The molecule has 1 saturated heterocycles. The molecule has 1 aromatic rings. The first-order chi connectivity index (χ1) is 9.86. The maximum atomic E-state index is 12.8. The van der Waals surface area contributed by atoms with Gasteiger partial charge in [0.15, 0.2) is 0 Å². The molecule has 1 fully saturated rings. The molecule has 1 aromatic carbocycles. The minimum absolute atomic E-state index is 0.0888. The van der Waals surface area contributed by atoms with Crippen molar-refractivity contribution >= 4 is 27.3 Å². The summed E-state index contributed by atoms with van der Waals surface area (Å²) in [7, 11) is -3.57. The van der Waals surface area contributed by atoms with Crippen molar-refractivity contribution in [1.82, 2.24) is 4.31 Å². The van der Waals surface area contributed by atoms with Crippen LogP contribution in [0.4, 0.5) is 5.69 Å². The standard InChI is InChI=1S/C14H21ClN2O3S/c1-10-7-12(15)13(16)8-14(10)21(19,20)17-5-2-3-11(9-17)4-6-18/h7-8,11,18H,2-6,9,16H2,1H3. The molecular formula is C14H21ClN2O3S. The quantitative estimate of drug-likeness (QED) is 0.826. The lowest BCUT2D eigenvalue weighted by atomic mass is 9.97. The molecule has 0 amide bonds. The van der Waals surface area contributed by atoms with Crippen LogP contribution in [-0.4, -0.2) is 37.5 Å². The first-order valence-electron chi connectivity index (χ1n) is 7.03. The van der Waals surface area contributed by atoms with Crippen molar-refractivity contribution in [2.75, 3.05) is 25.4 Å². The van der Waals surface area contributed by atoms with Gasteiger partial charge < -0.3 is 10.8 Å². The van der Waals surface area contributed by atoms with Crippen LogP contribution in [-0.2, 0) is 10.0 Å². The Kier molecular flexibility index (Phi) is 5.14. The summed E-state index contributed by atoms with van der Waals surface area (Å²) >= 11 is 5.92. The number of aliphatic hydroxyl groups is 1. The number of nitrogens with two attached hydrogens (primary N) is 1. The minimum atomic E-state index is -3.57. The number of anilines is 1. The van der Waals surface area contributed by atoms with Crippen molar-refractivity contribution in [2.45, 2.75) is 31.1 Å². The van der Waals surface area contributed by atoms with Crippen LogP contribution in [0.25, 0.3) is 0 Å². The van der Waals surface area contributed by atoms with Gasteiger partial charge in [-0.15, -0.1) is 0 Å². The highest BCUT2D eigenvalue weighted by molar-refractivity contribution is 7.89. The molecule has 118 valence electrons. The second kappa shape index (κ2) is 6.52. The van der Waals surface area contributed by atoms with Crippen LogP contribution in [0.2, 0.25) is 5.02 Å². The highest BCUT2D eigenvalue weighted by Gasteiger charge is 2.31. The van der Waals surface area contributed by atoms with Gasteiger partial charge in [0.2, 0.25) is 10.0 Å². The Bertz CT molecular complexity index is 617. The van der Waals surface area contributed by atoms with E-state index in [9.17, 15) is 8.42 Å². The maximum absolute atomic E-state index is 12.8. The van der Waals surface area contributed by atoms with Crippen LogP contribution in [0, 0.1) is 12.8 Å². The van der Waals surface area contributed by atoms with E-state index in [1.807, 2.05) is 0 Å². The third-order valence-corrected chi connectivity index (χ3v) is 6.27. The van der Waals surface area contributed by atoms with Crippen LogP contribution >= 0.6 is 11.6 Å². The second-order valence-corrected chi connectivity index (χ2v) is 7.84. The Morgan fingerprint density at radius 1 is 1.48 bits per heavy atom. The van der Waals surface area contributed by atoms with Gasteiger partial charge in [0.1, 0.15) is 0 Å². The van der Waals surface area contributed by atoms with E-state index in [0.717, 1.165) is 12.8 Å². The molecule has 21 heavy (non-hydrogen) atoms. The molecule has 0 aliphatic carbocycles. The van der Waals surface area contributed by atoms with Crippen LogP contribution in [0.1, 0.15) is 24.8 Å². The molecule has 5 nitrogen and oxygen atoms in total. The third-order valence-electron chi connectivity index (χ3n) is 3.93. The summed E-state index contributed by atoms with van der Waals surface area (Å²) in [6, 6.07) is 3.02. The molecule has 7 heteroatoms. The normalized spacial score (nSPS) is 20.6. The summed E-state index contributed by atoms with van der Waals surface area (Å²) in [6.07, 6.45) is 2.40. The van der Waals surface area contributed by atoms with Crippen LogP contribution < -0.4 is 5.73 Å². The van der Waals surface area contributed by atoms with Crippen LogP contribution in [0.15, 0.2) is 17.0 Å². The van der Waals surface area contributed by atoms with Gasteiger partial charge in [0, 0.05) is 19.7 Å². The first kappa shape index (κ1) is 16.5. The van der Waals surface area contributed by atoms with Gasteiger partial charge in [-0.25, -0.2) is 8.42 Å². The summed E-state index contributed by atoms with van der Waals surface area (Å²) in [6.45, 7) is 2.76. The van der Waals surface area contributed by atoms with E-state index < -0.39 is 10.0 Å². The third kappa shape index (κ3) is 3.51. The number of nitrogen functional groups attached to an aromatic ring is 1. The van der Waals surface area contributed by atoms with E-state index in [4.69, 9.17) is 22.4 Å². The molecule has 0 spiro atoms. The minimum Gasteiger partial charge on any atom is -0.397 e. The number of piperidine rings is 1. The number of halogens is 1. The highest BCUT2D eigenvalue weighted by atomic mass is 35.5. The number of nitrogens with zero attached hydrogens (tertiary/aromatic N) is 1. The topological polar surface area (TPSA) is 83.6 Å². The summed E-state index contributed by atoms with van der Waals surface area (Å²) in [5.41, 5.74) is 6.61. The molecule has 2 rings (SSSR count). The lowest BCUT2D eigenvalue weighted by Crippen LogP contribution is -2.40. The molecule has 0 radical (unpaired) electrons. The average molecular weight is 333 g/mol. The zero-order chi connectivity index (χ0) is 15.6. The lowest BCUT2D eigenvalue weighted by molar-refractivity contribution is 0.203. The van der Waals surface area contributed by atoms with Crippen molar-refractivity contribution in [3.05, 3.63) is 22.7 Å². The molecule has 1 heterocycles. The highest BCUT2D eigenvalue weighted by Crippen LogP contribution is 2.30. The monoisotopic (exact) mass is 332 g/mol. The van der Waals surface area contributed by atoms with E-state index in [2.05, 4.69) is 0 Å². The molecule has 0 aromatic heterocycles. The van der Waals surface area contributed by atoms with E-state index in [0.29, 0.717) is 30.1 Å². The Morgan fingerprint density at radius 3 is 2.86 bits per heavy atom. The van der Waals surface area contributed by atoms with E-state index >= 15 is 0 Å². The van der Waals surface area contributed by atoms with Gasteiger partial charge in [-0.2, -0.15) is 4.31 Å². The number of hydrogen-bond acceptors (Lipinski definition) is 4. The van der Waals surface area contributed by atoms with E-state index in [-0.39, 0.29) is 23.1 Å². The zero-order valence-electron chi connectivity index (χ0n) is 12.0. The SMILES string of the molecule is Cc1cc(Cl)c(N)cc1S(=O)(=O)N1CCCC(CCO)C1. The van der Waals surface area contributed by atoms with Crippen molar-refractivity contribution in [3.63, 3.8) is 0 Å². The van der Waals surface area contributed by atoms with Gasteiger partial charge >= 0.3 is 0 Å². The largest absolute Gasteiger partial charge is 0.397 e. The fourth-order valence-corrected chi connectivity index (χ4v) is 4.76. The summed E-state index contributed by atoms with van der Waals surface area (Å²) in [4.78, 5) is 0.217. The molecular weight excluding hydrogens is 312 g/mol. The van der Waals surface area contributed by atoms with Crippen LogP contribution in [0.5, 0.6) is 0 Å². The number of aliphatic hydroxyl groups excluding tert-OH is 1. The van der Waals surface area contributed by atoms with Gasteiger partial charge in [0.25, 0.3) is 0 Å². The summed E-state index contributed by atoms with van der Waals surface area (Å²) in [5, 5.41) is 9.40. The van der Waals surface area contributed by atoms with Gasteiger partial charge in [-0.1, -0.05) is 11.6 Å². The maximum Gasteiger partial charge on any atom is 0.243 e. The first-order valence-corrected chi connectivity index (χ1v) is 8.84. The van der Waals surface area contributed by atoms with Gasteiger partial charge in [-0.3, -0.25) is 0 Å². The fraction of sp³-hybridized carbons (Fsp3) is 0.571. The Morgan fingerprint density at radius 2 is 2.19 bits per heavy atom. The summed E-state index contributed by atoms with van der Waals surface area (Å²) < 4.78 is 27.1. The molecule has 0 saturated carbocycles. The van der Waals surface area contributed by atoms with Crippen LogP contribution in [0.3, 0.4) is 0 Å². The number of sulfonamides is 1. The second-order valence-electron chi connectivity index (χ2n) is 5.52. The van der Waals surface area contributed by atoms with Gasteiger partial charge in [0.05, 0.1) is 15.6 Å². The van der Waals surface area contributed by atoms with Crippen molar-refractivity contribution in [1.29, 1.82) is 0 Å². The number of hydrogen-bond donors (Lipinski definition) is 2. The van der Waals surface area contributed by atoms with E-state index in [1.165, 1.54) is 10.4 Å². The number of benzene rings is 1. The van der Waals surface area contributed by atoms with Crippen molar-refractivity contribution < 1.29 is 13.5 Å². The summed E-state index contributed by atoms with van der Waals surface area (Å²) in [5.74, 6) is 0.212. The van der Waals surface area contributed by atoms with Gasteiger partial charge in [-0.05, 0) is 49.8 Å². The molecule has 1 unspecified atom stereocenters. The van der Waals surface area contributed by atoms with Crippen molar-refractivity contribution in [3.8, 4) is 0 Å². The van der Waals surface area contributed by atoms with Crippen molar-refractivity contribution in [2.24, 2.45) is 5.92 Å². The predicted octanol–water partition coefficient (Wildman–Crippen LogP) is 2.01. The molecule has 0 bridgehead atoms. The zero-order valence-corrected chi connectivity index (χ0v) is 13.6. The molecule has 1 aliphatic rings. The predicted molar refractivity (Wildman–Crippen MR) is 83.8 cm³/mol.